The molecule has 2 rings (SSSR count). The molecule has 2 heterocycles. The van der Waals surface area contributed by atoms with Crippen molar-refractivity contribution < 1.29 is 0 Å². The Morgan fingerprint density at radius 2 is 2.26 bits per heavy atom. The van der Waals surface area contributed by atoms with Crippen LogP contribution in [0.1, 0.15) is 31.5 Å². The summed E-state index contributed by atoms with van der Waals surface area (Å²) in [7, 11) is 2.05. The lowest BCUT2D eigenvalue weighted by Crippen LogP contribution is -2.39. The Morgan fingerprint density at radius 1 is 1.53 bits per heavy atom. The van der Waals surface area contributed by atoms with Crippen LogP contribution in [-0.4, -0.2) is 39.9 Å². The lowest BCUT2D eigenvalue weighted by molar-refractivity contribution is 0.667. The van der Waals surface area contributed by atoms with Crippen LogP contribution in [0.15, 0.2) is 0 Å². The van der Waals surface area contributed by atoms with Crippen LogP contribution >= 0.6 is 11.8 Å². The Balaban J connectivity index is 2.27. The van der Waals surface area contributed by atoms with E-state index in [9.17, 15) is 0 Å². The first kappa shape index (κ1) is 14.7. The van der Waals surface area contributed by atoms with Crippen molar-refractivity contribution >= 4 is 17.6 Å². The van der Waals surface area contributed by atoms with Gasteiger partial charge in [-0.1, -0.05) is 6.92 Å². The van der Waals surface area contributed by atoms with Crippen LogP contribution in [0.25, 0.3) is 0 Å². The van der Waals surface area contributed by atoms with Crippen molar-refractivity contribution in [3.05, 3.63) is 11.3 Å². The maximum absolute atomic E-state index is 5.99. The average molecular weight is 282 g/mol. The number of thioether (sulfide) groups is 1. The lowest BCUT2D eigenvalue weighted by Gasteiger charge is -2.34. The van der Waals surface area contributed by atoms with Gasteiger partial charge in [0.15, 0.2) is 0 Å². The maximum Gasteiger partial charge on any atom is 0.130 e. The summed E-state index contributed by atoms with van der Waals surface area (Å²) in [6, 6.07) is 0.183. The largest absolute Gasteiger partial charge is 0.355 e. The number of nitrogens with zero attached hydrogens (tertiary/aromatic N) is 3. The molecule has 0 amide bonds. The topological polar surface area (TPSA) is 47.1 Å². The predicted molar refractivity (Wildman–Crippen MR) is 84.0 cm³/mol. The Morgan fingerprint density at radius 3 is 2.89 bits per heavy atom. The van der Waals surface area contributed by atoms with Crippen molar-refractivity contribution in [2.24, 2.45) is 12.8 Å². The van der Waals surface area contributed by atoms with Gasteiger partial charge in [0, 0.05) is 42.7 Å². The van der Waals surface area contributed by atoms with Gasteiger partial charge in [-0.15, -0.1) is 0 Å². The number of rotatable bonds is 4. The van der Waals surface area contributed by atoms with Gasteiger partial charge in [-0.2, -0.15) is 16.9 Å². The monoisotopic (exact) mass is 282 g/mol. The quantitative estimate of drug-likeness (QED) is 0.917. The molecule has 2 N–H and O–H groups in total. The summed E-state index contributed by atoms with van der Waals surface area (Å²) in [6.07, 6.45) is 2.15. The van der Waals surface area contributed by atoms with Gasteiger partial charge in [0.1, 0.15) is 5.82 Å². The molecule has 19 heavy (non-hydrogen) atoms. The SMILES string of the molecule is CCC1CN(c2c(CC(C)N)c(C)nn2C)CCS1. The van der Waals surface area contributed by atoms with Gasteiger partial charge in [-0.05, 0) is 26.7 Å². The molecule has 1 aromatic rings. The van der Waals surface area contributed by atoms with Crippen LogP contribution in [0, 0.1) is 6.92 Å². The zero-order valence-corrected chi connectivity index (χ0v) is 13.3. The molecule has 108 valence electrons. The molecule has 1 aliphatic heterocycles. The number of anilines is 1. The summed E-state index contributed by atoms with van der Waals surface area (Å²) in [4.78, 5) is 2.50. The van der Waals surface area contributed by atoms with Crippen molar-refractivity contribution in [2.45, 2.75) is 44.9 Å². The fraction of sp³-hybridized carbons (Fsp3) is 0.786. The number of hydrogen-bond donors (Lipinski definition) is 1. The summed E-state index contributed by atoms with van der Waals surface area (Å²) < 4.78 is 2.04. The van der Waals surface area contributed by atoms with Crippen LogP contribution in [0.3, 0.4) is 0 Å². The third kappa shape index (κ3) is 3.26. The summed E-state index contributed by atoms with van der Waals surface area (Å²) in [5, 5.41) is 5.35. The first-order valence-electron chi connectivity index (χ1n) is 7.17. The molecule has 0 saturated carbocycles. The summed E-state index contributed by atoms with van der Waals surface area (Å²) >= 11 is 2.10. The van der Waals surface area contributed by atoms with Crippen molar-refractivity contribution in [1.29, 1.82) is 0 Å². The van der Waals surface area contributed by atoms with Crippen LogP contribution in [0.5, 0.6) is 0 Å². The smallest absolute Gasteiger partial charge is 0.130 e. The average Bonchev–Trinajstić information content (AvgIpc) is 2.63. The zero-order valence-electron chi connectivity index (χ0n) is 12.5. The van der Waals surface area contributed by atoms with E-state index >= 15 is 0 Å². The first-order valence-corrected chi connectivity index (χ1v) is 8.22. The molecular formula is C14H26N4S. The highest BCUT2D eigenvalue weighted by atomic mass is 32.2. The fourth-order valence-corrected chi connectivity index (χ4v) is 3.99. The van der Waals surface area contributed by atoms with E-state index in [4.69, 9.17) is 5.73 Å². The normalized spacial score (nSPS) is 21.7. The minimum absolute atomic E-state index is 0.183. The molecule has 0 radical (unpaired) electrons. The molecule has 0 aromatic carbocycles. The van der Waals surface area contributed by atoms with E-state index in [1.54, 1.807) is 0 Å². The summed E-state index contributed by atoms with van der Waals surface area (Å²) in [6.45, 7) is 8.69. The molecule has 0 bridgehead atoms. The van der Waals surface area contributed by atoms with Crippen LogP contribution < -0.4 is 10.6 Å². The van der Waals surface area contributed by atoms with Crippen molar-refractivity contribution in [2.75, 3.05) is 23.7 Å². The summed E-state index contributed by atoms with van der Waals surface area (Å²) in [5.74, 6) is 2.49. The molecule has 5 heteroatoms. The second-order valence-electron chi connectivity index (χ2n) is 5.54. The van der Waals surface area contributed by atoms with Gasteiger partial charge >= 0.3 is 0 Å². The van der Waals surface area contributed by atoms with E-state index in [1.165, 1.54) is 23.6 Å². The number of nitrogens with two attached hydrogens (primary N) is 1. The number of aromatic nitrogens is 2. The molecule has 2 atom stereocenters. The van der Waals surface area contributed by atoms with Gasteiger partial charge in [-0.3, -0.25) is 4.68 Å². The van der Waals surface area contributed by atoms with Crippen LogP contribution in [0.4, 0.5) is 5.82 Å². The molecular weight excluding hydrogens is 256 g/mol. The van der Waals surface area contributed by atoms with Crippen LogP contribution in [0.2, 0.25) is 0 Å². The molecule has 0 aliphatic carbocycles. The molecule has 1 aromatic heterocycles. The summed E-state index contributed by atoms with van der Waals surface area (Å²) in [5.41, 5.74) is 8.45. The van der Waals surface area contributed by atoms with Crippen molar-refractivity contribution in [3.63, 3.8) is 0 Å². The van der Waals surface area contributed by atoms with E-state index < -0.39 is 0 Å². The van der Waals surface area contributed by atoms with Crippen molar-refractivity contribution in [1.82, 2.24) is 9.78 Å². The Kier molecular flexibility index (Phi) is 4.79. The second kappa shape index (κ2) is 6.18. The molecule has 1 saturated heterocycles. The molecule has 1 aliphatic rings. The number of hydrogen-bond acceptors (Lipinski definition) is 4. The van der Waals surface area contributed by atoms with E-state index in [-0.39, 0.29) is 6.04 Å². The minimum Gasteiger partial charge on any atom is -0.355 e. The minimum atomic E-state index is 0.183. The second-order valence-corrected chi connectivity index (χ2v) is 6.95. The molecule has 2 unspecified atom stereocenters. The molecule has 1 fully saturated rings. The van der Waals surface area contributed by atoms with Gasteiger partial charge in [0.05, 0.1) is 5.69 Å². The Labute approximate surface area is 120 Å². The maximum atomic E-state index is 5.99. The van der Waals surface area contributed by atoms with E-state index in [0.717, 1.165) is 30.5 Å². The van der Waals surface area contributed by atoms with Gasteiger partial charge in [0.2, 0.25) is 0 Å². The molecule has 0 spiro atoms. The number of aryl methyl sites for hydroxylation is 2. The third-order valence-corrected chi connectivity index (χ3v) is 5.11. The van der Waals surface area contributed by atoms with E-state index in [1.807, 2.05) is 4.68 Å². The first-order chi connectivity index (χ1) is 9.02. The fourth-order valence-electron chi connectivity index (χ4n) is 2.81. The Bertz CT molecular complexity index is 427. The van der Waals surface area contributed by atoms with Gasteiger partial charge in [-0.25, -0.2) is 0 Å². The standard InChI is InChI=1S/C14H26N4S/c1-5-12-9-18(6-7-19-12)14-13(8-10(2)15)11(3)16-17(14)4/h10,12H,5-9,15H2,1-4H3. The van der Waals surface area contributed by atoms with Crippen LogP contribution in [-0.2, 0) is 13.5 Å². The van der Waals surface area contributed by atoms with Crippen molar-refractivity contribution in [3.8, 4) is 0 Å². The zero-order chi connectivity index (χ0) is 14.0. The van der Waals surface area contributed by atoms with Gasteiger partial charge < -0.3 is 10.6 Å². The highest BCUT2D eigenvalue weighted by Crippen LogP contribution is 2.30. The molecule has 4 nitrogen and oxygen atoms in total. The highest BCUT2D eigenvalue weighted by molar-refractivity contribution is 8.00. The van der Waals surface area contributed by atoms with E-state index in [0.29, 0.717) is 0 Å². The lowest BCUT2D eigenvalue weighted by atomic mass is 10.1. The highest BCUT2D eigenvalue weighted by Gasteiger charge is 2.25. The van der Waals surface area contributed by atoms with E-state index in [2.05, 4.69) is 49.6 Å². The predicted octanol–water partition coefficient (Wildman–Crippen LogP) is 1.95. The third-order valence-electron chi connectivity index (χ3n) is 3.73. The Hall–Kier alpha value is -0.680. The van der Waals surface area contributed by atoms with Gasteiger partial charge in [0.25, 0.3) is 0 Å².